The van der Waals surface area contributed by atoms with Crippen LogP contribution in [0.2, 0.25) is 0 Å². The Hall–Kier alpha value is -2.87. The maximum Gasteiger partial charge on any atom is 0.326 e. The molecule has 0 radical (unpaired) electrons. The van der Waals surface area contributed by atoms with E-state index in [1.807, 2.05) is 0 Å². The molecule has 9 N–H and O–H groups in total. The first-order valence-corrected chi connectivity index (χ1v) is 10.4. The smallest absolute Gasteiger partial charge is 0.326 e. The number of nitrogens with two attached hydrogens (primary N) is 2. The Morgan fingerprint density at radius 1 is 0.844 bits per heavy atom. The highest BCUT2D eigenvalue weighted by atomic mass is 32.1. The molecule has 32 heavy (non-hydrogen) atoms. The van der Waals surface area contributed by atoms with Gasteiger partial charge >= 0.3 is 11.9 Å². The van der Waals surface area contributed by atoms with Gasteiger partial charge in [0.15, 0.2) is 0 Å². The fraction of sp³-hybridized carbons (Fsp3) is 0.667. The minimum absolute atomic E-state index is 0.0117. The number of rotatable bonds is 15. The quantitative estimate of drug-likeness (QED) is 0.117. The largest absolute Gasteiger partial charge is 0.481 e. The predicted molar refractivity (Wildman–Crippen MR) is 115 cm³/mol. The van der Waals surface area contributed by atoms with Crippen LogP contribution in [0, 0.1) is 5.92 Å². The zero-order valence-corrected chi connectivity index (χ0v) is 18.8. The molecule has 0 aliphatic carbocycles. The summed E-state index contributed by atoms with van der Waals surface area (Å²) in [4.78, 5) is 70.1. The normalized spacial score (nSPS) is 14.5. The molecule has 0 saturated heterocycles. The molecular formula is C18H31N5O8S. The molecule has 4 atom stereocenters. The maximum absolute atomic E-state index is 12.7. The van der Waals surface area contributed by atoms with Crippen LogP contribution in [0.4, 0.5) is 0 Å². The van der Waals surface area contributed by atoms with Crippen molar-refractivity contribution >= 4 is 48.2 Å². The van der Waals surface area contributed by atoms with Crippen molar-refractivity contribution in [2.75, 3.05) is 5.75 Å². The first-order chi connectivity index (χ1) is 14.8. The SMILES string of the molecule is CC(C)C(NC(=O)C(N)CCC(N)=O)C(=O)NC(CS)C(=O)NC(CCC(=O)O)C(=O)O. The molecule has 0 aromatic rings. The number of carbonyl (C=O) groups excluding carboxylic acids is 4. The van der Waals surface area contributed by atoms with Gasteiger partial charge in [-0.05, 0) is 18.8 Å². The Morgan fingerprint density at radius 2 is 1.41 bits per heavy atom. The number of carbonyl (C=O) groups is 6. The third kappa shape index (κ3) is 10.9. The molecule has 0 aliphatic rings. The Labute approximate surface area is 190 Å². The summed E-state index contributed by atoms with van der Waals surface area (Å²) in [6.07, 6.45) is -0.950. The highest BCUT2D eigenvalue weighted by molar-refractivity contribution is 7.80. The molecule has 0 fully saturated rings. The van der Waals surface area contributed by atoms with Crippen molar-refractivity contribution in [3.63, 3.8) is 0 Å². The summed E-state index contributed by atoms with van der Waals surface area (Å²) in [7, 11) is 0. The van der Waals surface area contributed by atoms with E-state index in [-0.39, 0.29) is 25.0 Å². The van der Waals surface area contributed by atoms with E-state index in [0.29, 0.717) is 0 Å². The van der Waals surface area contributed by atoms with Crippen molar-refractivity contribution in [2.45, 2.75) is 63.7 Å². The molecule has 0 aliphatic heterocycles. The van der Waals surface area contributed by atoms with E-state index in [0.717, 1.165) is 0 Å². The van der Waals surface area contributed by atoms with Crippen molar-refractivity contribution in [3.8, 4) is 0 Å². The molecule has 0 bridgehead atoms. The number of amides is 4. The molecule has 0 saturated carbocycles. The van der Waals surface area contributed by atoms with Crippen LogP contribution in [0.25, 0.3) is 0 Å². The maximum atomic E-state index is 12.7. The van der Waals surface area contributed by atoms with Gasteiger partial charge in [0.1, 0.15) is 18.1 Å². The molecule has 0 aromatic carbocycles. The summed E-state index contributed by atoms with van der Waals surface area (Å²) in [6.45, 7) is 3.28. The van der Waals surface area contributed by atoms with Gasteiger partial charge < -0.3 is 37.6 Å². The molecule has 4 unspecified atom stereocenters. The van der Waals surface area contributed by atoms with Crippen molar-refractivity contribution < 1.29 is 39.0 Å². The van der Waals surface area contributed by atoms with Gasteiger partial charge in [-0.2, -0.15) is 12.6 Å². The zero-order valence-electron chi connectivity index (χ0n) is 17.9. The molecular weight excluding hydrogens is 446 g/mol. The topological polar surface area (TPSA) is 231 Å². The average Bonchev–Trinajstić information content (AvgIpc) is 2.69. The molecule has 0 spiro atoms. The Morgan fingerprint density at radius 3 is 1.84 bits per heavy atom. The summed E-state index contributed by atoms with van der Waals surface area (Å²) in [5, 5.41) is 24.9. The second kappa shape index (κ2) is 14.2. The summed E-state index contributed by atoms with van der Waals surface area (Å²) in [5.41, 5.74) is 10.7. The van der Waals surface area contributed by atoms with E-state index in [1.165, 1.54) is 0 Å². The Kier molecular flexibility index (Phi) is 13.0. The van der Waals surface area contributed by atoms with E-state index >= 15 is 0 Å². The first-order valence-electron chi connectivity index (χ1n) is 9.80. The first kappa shape index (κ1) is 29.1. The highest BCUT2D eigenvalue weighted by Crippen LogP contribution is 2.06. The zero-order chi connectivity index (χ0) is 25.0. The fourth-order valence-electron chi connectivity index (χ4n) is 2.48. The average molecular weight is 478 g/mol. The van der Waals surface area contributed by atoms with Crippen molar-refractivity contribution in [1.29, 1.82) is 0 Å². The standard InChI is InChI=1S/C18H31N5O8S/c1-8(2)14(23-15(27)9(19)3-5-12(20)24)17(29)22-11(7-32)16(28)21-10(18(30)31)4-6-13(25)26/h8-11,14,32H,3-7,19H2,1-2H3,(H2,20,24)(H,21,28)(H,22,29)(H,23,27)(H,25,26)(H,30,31). The number of aliphatic carboxylic acids is 2. The third-order valence-corrected chi connectivity index (χ3v) is 4.73. The summed E-state index contributed by atoms with van der Waals surface area (Å²) >= 11 is 3.99. The number of hydrogen-bond donors (Lipinski definition) is 8. The number of hydrogen-bond acceptors (Lipinski definition) is 8. The van der Waals surface area contributed by atoms with E-state index in [9.17, 15) is 28.8 Å². The van der Waals surface area contributed by atoms with E-state index in [1.54, 1.807) is 13.8 Å². The summed E-state index contributed by atoms with van der Waals surface area (Å²) in [5.74, 6) is -6.19. The fourth-order valence-corrected chi connectivity index (χ4v) is 2.73. The van der Waals surface area contributed by atoms with Crippen molar-refractivity contribution in [2.24, 2.45) is 17.4 Å². The van der Waals surface area contributed by atoms with E-state index in [4.69, 9.17) is 21.7 Å². The minimum Gasteiger partial charge on any atom is -0.481 e. The lowest BCUT2D eigenvalue weighted by Gasteiger charge is -2.26. The molecule has 14 heteroatoms. The summed E-state index contributed by atoms with van der Waals surface area (Å²) < 4.78 is 0. The summed E-state index contributed by atoms with van der Waals surface area (Å²) in [6, 6.07) is -4.88. The minimum atomic E-state index is -1.47. The van der Waals surface area contributed by atoms with Gasteiger partial charge in [-0.3, -0.25) is 24.0 Å². The lowest BCUT2D eigenvalue weighted by atomic mass is 10.0. The van der Waals surface area contributed by atoms with Crippen molar-refractivity contribution in [3.05, 3.63) is 0 Å². The van der Waals surface area contributed by atoms with Crippen LogP contribution in [0.1, 0.15) is 39.5 Å². The second-order valence-corrected chi connectivity index (χ2v) is 7.78. The number of carboxylic acid groups (broad SMARTS) is 2. The molecule has 182 valence electrons. The number of carboxylic acids is 2. The monoisotopic (exact) mass is 477 g/mol. The number of thiol groups is 1. The van der Waals surface area contributed by atoms with Crippen LogP contribution in [0.15, 0.2) is 0 Å². The highest BCUT2D eigenvalue weighted by Gasteiger charge is 2.31. The molecule has 0 heterocycles. The van der Waals surface area contributed by atoms with Crippen LogP contribution in [-0.2, 0) is 28.8 Å². The Bertz CT molecular complexity index is 717. The van der Waals surface area contributed by atoms with Gasteiger partial charge in [-0.15, -0.1) is 0 Å². The molecule has 0 aromatic heterocycles. The lowest BCUT2D eigenvalue weighted by Crippen LogP contribution is -2.59. The van der Waals surface area contributed by atoms with Crippen LogP contribution in [0.3, 0.4) is 0 Å². The number of nitrogens with one attached hydrogen (secondary N) is 3. The van der Waals surface area contributed by atoms with Crippen LogP contribution >= 0.6 is 12.6 Å². The van der Waals surface area contributed by atoms with Gasteiger partial charge in [-0.25, -0.2) is 4.79 Å². The van der Waals surface area contributed by atoms with Gasteiger partial charge in [0.2, 0.25) is 23.6 Å². The van der Waals surface area contributed by atoms with Gasteiger partial charge in [0.25, 0.3) is 0 Å². The second-order valence-electron chi connectivity index (χ2n) is 7.42. The predicted octanol–water partition coefficient (Wildman–Crippen LogP) is -2.43. The van der Waals surface area contributed by atoms with Crippen LogP contribution in [0.5, 0.6) is 0 Å². The van der Waals surface area contributed by atoms with Gasteiger partial charge in [0, 0.05) is 18.6 Å². The molecule has 13 nitrogen and oxygen atoms in total. The molecule has 4 amide bonds. The van der Waals surface area contributed by atoms with Gasteiger partial charge in [0.05, 0.1) is 6.04 Å². The van der Waals surface area contributed by atoms with Crippen LogP contribution in [-0.4, -0.2) is 75.7 Å². The van der Waals surface area contributed by atoms with Crippen LogP contribution < -0.4 is 27.4 Å². The number of primary amides is 1. The van der Waals surface area contributed by atoms with Gasteiger partial charge in [-0.1, -0.05) is 13.8 Å². The third-order valence-electron chi connectivity index (χ3n) is 4.36. The van der Waals surface area contributed by atoms with E-state index in [2.05, 4.69) is 28.6 Å². The Balaban J connectivity index is 5.14. The lowest BCUT2D eigenvalue weighted by molar-refractivity contribution is -0.143. The van der Waals surface area contributed by atoms with E-state index < -0.39 is 72.1 Å². The van der Waals surface area contributed by atoms with Crippen molar-refractivity contribution in [1.82, 2.24) is 16.0 Å². The molecule has 0 rings (SSSR count).